The van der Waals surface area contributed by atoms with Crippen molar-refractivity contribution in [1.29, 1.82) is 0 Å². The summed E-state index contributed by atoms with van der Waals surface area (Å²) in [6.07, 6.45) is 0. The fourth-order valence-electron chi connectivity index (χ4n) is 2.68. The van der Waals surface area contributed by atoms with Crippen LogP contribution in [0.2, 0.25) is 0 Å². The van der Waals surface area contributed by atoms with Crippen LogP contribution in [0.1, 0.15) is 5.69 Å². The first-order valence-electron chi connectivity index (χ1n) is 7.48. The lowest BCUT2D eigenvalue weighted by atomic mass is 10.1. The normalized spacial score (nSPS) is 11.2. The van der Waals surface area contributed by atoms with E-state index in [0.29, 0.717) is 22.8 Å². The highest BCUT2D eigenvalue weighted by atomic mass is 127. The topological polar surface area (TPSA) is 29.3 Å². The van der Waals surface area contributed by atoms with Crippen LogP contribution in [0.3, 0.4) is 0 Å². The Bertz CT molecular complexity index is 1050. The Morgan fingerprint density at radius 3 is 2.60 bits per heavy atom. The minimum atomic E-state index is -0.322. The standard InChI is InChI=1S/C18H12F2IN3S/c1-10-9-25-18-23-16(15-13(20)3-2-4-14(15)21)17(24(10)18)22-12-7-5-11(19)6-8-12/h2-9,22H,1H3. The molecule has 4 rings (SSSR count). The summed E-state index contributed by atoms with van der Waals surface area (Å²) in [4.78, 5) is 5.41. The molecular weight excluding hydrogens is 455 g/mol. The molecule has 0 saturated heterocycles. The molecule has 0 radical (unpaired) electrons. The maximum atomic E-state index is 14.5. The van der Waals surface area contributed by atoms with E-state index in [4.69, 9.17) is 0 Å². The number of nitrogens with one attached hydrogen (secondary N) is 1. The molecule has 7 heteroatoms. The lowest BCUT2D eigenvalue weighted by molar-refractivity contribution is 0.628. The van der Waals surface area contributed by atoms with Gasteiger partial charge in [-0.05, 0) is 65.9 Å². The summed E-state index contributed by atoms with van der Waals surface area (Å²) in [6, 6.07) is 11.0. The SMILES string of the molecule is Cc1csc2nc(-c3c(F)cccc3I)c(Nc3ccc(F)cc3)n12. The van der Waals surface area contributed by atoms with Gasteiger partial charge in [0, 0.05) is 20.3 Å². The number of nitrogens with zero attached hydrogens (tertiary/aromatic N) is 2. The third-order valence-corrected chi connectivity index (χ3v) is 5.68. The number of hydrogen-bond acceptors (Lipinski definition) is 3. The number of hydrogen-bond donors (Lipinski definition) is 1. The van der Waals surface area contributed by atoms with Crippen LogP contribution in [-0.2, 0) is 0 Å². The number of aromatic nitrogens is 2. The van der Waals surface area contributed by atoms with E-state index < -0.39 is 0 Å². The summed E-state index contributed by atoms with van der Waals surface area (Å²) in [6.45, 7) is 1.97. The summed E-state index contributed by atoms with van der Waals surface area (Å²) >= 11 is 3.61. The maximum Gasteiger partial charge on any atom is 0.196 e. The molecule has 0 atom stereocenters. The molecule has 1 N–H and O–H groups in total. The lowest BCUT2D eigenvalue weighted by Crippen LogP contribution is -1.99. The molecule has 2 aromatic carbocycles. The van der Waals surface area contributed by atoms with Crippen molar-refractivity contribution >= 4 is 50.4 Å². The fourth-order valence-corrected chi connectivity index (χ4v) is 4.27. The second-order valence-electron chi connectivity index (χ2n) is 5.53. The number of benzene rings is 2. The van der Waals surface area contributed by atoms with E-state index in [1.807, 2.05) is 22.8 Å². The van der Waals surface area contributed by atoms with Gasteiger partial charge >= 0.3 is 0 Å². The highest BCUT2D eigenvalue weighted by molar-refractivity contribution is 14.1. The molecule has 25 heavy (non-hydrogen) atoms. The van der Waals surface area contributed by atoms with E-state index in [9.17, 15) is 8.78 Å². The van der Waals surface area contributed by atoms with Crippen LogP contribution < -0.4 is 5.32 Å². The van der Waals surface area contributed by atoms with Crippen LogP contribution in [-0.4, -0.2) is 9.38 Å². The summed E-state index contributed by atoms with van der Waals surface area (Å²) in [5.74, 6) is 0.0420. The summed E-state index contributed by atoms with van der Waals surface area (Å²) in [5, 5.41) is 5.27. The maximum absolute atomic E-state index is 14.5. The largest absolute Gasteiger partial charge is 0.339 e. The van der Waals surface area contributed by atoms with Crippen LogP contribution in [0.5, 0.6) is 0 Å². The van der Waals surface area contributed by atoms with Gasteiger partial charge in [0.1, 0.15) is 23.1 Å². The van der Waals surface area contributed by atoms with Crippen molar-refractivity contribution in [3.05, 3.63) is 68.7 Å². The van der Waals surface area contributed by atoms with Crippen molar-refractivity contribution in [1.82, 2.24) is 9.38 Å². The molecule has 0 aliphatic heterocycles. The lowest BCUT2D eigenvalue weighted by Gasteiger charge is -2.11. The van der Waals surface area contributed by atoms with Gasteiger partial charge in [0.05, 0.1) is 5.56 Å². The van der Waals surface area contributed by atoms with Crippen molar-refractivity contribution in [3.8, 4) is 11.3 Å². The molecule has 0 bridgehead atoms. The predicted molar refractivity (Wildman–Crippen MR) is 106 cm³/mol. The Labute approximate surface area is 160 Å². The first-order valence-corrected chi connectivity index (χ1v) is 9.44. The average Bonchev–Trinajstić information content (AvgIpc) is 3.11. The Morgan fingerprint density at radius 1 is 1.12 bits per heavy atom. The van der Waals surface area contributed by atoms with Crippen molar-refractivity contribution in [2.24, 2.45) is 0 Å². The molecule has 2 aromatic heterocycles. The minimum Gasteiger partial charge on any atom is -0.339 e. The Kier molecular flexibility index (Phi) is 4.20. The molecule has 3 nitrogen and oxygen atoms in total. The molecule has 0 aliphatic carbocycles. The zero-order chi connectivity index (χ0) is 17.6. The quantitative estimate of drug-likeness (QED) is 0.375. The Morgan fingerprint density at radius 2 is 1.88 bits per heavy atom. The molecule has 0 unspecified atom stereocenters. The number of halogens is 3. The Balaban J connectivity index is 1.94. The highest BCUT2D eigenvalue weighted by Crippen LogP contribution is 2.37. The smallest absolute Gasteiger partial charge is 0.196 e. The van der Waals surface area contributed by atoms with Crippen molar-refractivity contribution < 1.29 is 8.78 Å². The number of rotatable bonds is 3. The van der Waals surface area contributed by atoms with Gasteiger partial charge in [0.2, 0.25) is 0 Å². The van der Waals surface area contributed by atoms with E-state index in [1.165, 1.54) is 29.5 Å². The van der Waals surface area contributed by atoms with Gasteiger partial charge < -0.3 is 5.32 Å². The summed E-state index contributed by atoms with van der Waals surface area (Å²) in [5.41, 5.74) is 2.71. The number of imidazole rings is 1. The molecule has 4 aromatic rings. The second-order valence-corrected chi connectivity index (χ2v) is 7.53. The van der Waals surface area contributed by atoms with Gasteiger partial charge in [-0.25, -0.2) is 13.8 Å². The van der Waals surface area contributed by atoms with Gasteiger partial charge in [-0.3, -0.25) is 4.40 Å². The second kappa shape index (κ2) is 6.38. The number of aryl methyl sites for hydroxylation is 1. The van der Waals surface area contributed by atoms with Crippen molar-refractivity contribution in [2.45, 2.75) is 6.92 Å². The first-order chi connectivity index (χ1) is 12.0. The van der Waals surface area contributed by atoms with Crippen LogP contribution in [0, 0.1) is 22.1 Å². The van der Waals surface area contributed by atoms with E-state index in [-0.39, 0.29) is 11.6 Å². The van der Waals surface area contributed by atoms with Crippen molar-refractivity contribution in [2.75, 3.05) is 5.32 Å². The molecule has 0 fully saturated rings. The third kappa shape index (κ3) is 2.91. The monoisotopic (exact) mass is 467 g/mol. The van der Waals surface area contributed by atoms with Gasteiger partial charge in [0.25, 0.3) is 0 Å². The molecule has 0 aliphatic rings. The first kappa shape index (κ1) is 16.5. The fraction of sp³-hybridized carbons (Fsp3) is 0.0556. The zero-order valence-corrected chi connectivity index (χ0v) is 16.0. The molecule has 0 saturated carbocycles. The minimum absolute atomic E-state index is 0.306. The average molecular weight is 467 g/mol. The molecule has 126 valence electrons. The van der Waals surface area contributed by atoms with Crippen LogP contribution in [0.15, 0.2) is 47.8 Å². The molecule has 0 spiro atoms. The van der Waals surface area contributed by atoms with Crippen LogP contribution in [0.25, 0.3) is 16.2 Å². The number of fused-ring (bicyclic) bond motifs is 1. The van der Waals surface area contributed by atoms with E-state index in [1.54, 1.807) is 18.2 Å². The van der Waals surface area contributed by atoms with E-state index in [2.05, 4.69) is 32.9 Å². The van der Waals surface area contributed by atoms with Gasteiger partial charge in [0.15, 0.2) is 4.96 Å². The molecule has 0 amide bonds. The van der Waals surface area contributed by atoms with Crippen LogP contribution >= 0.6 is 33.9 Å². The van der Waals surface area contributed by atoms with Gasteiger partial charge in [-0.15, -0.1) is 11.3 Å². The molecule has 2 heterocycles. The highest BCUT2D eigenvalue weighted by Gasteiger charge is 2.21. The molecular formula is C18H12F2IN3S. The van der Waals surface area contributed by atoms with E-state index >= 15 is 0 Å². The van der Waals surface area contributed by atoms with Gasteiger partial charge in [-0.2, -0.15) is 0 Å². The summed E-state index contributed by atoms with van der Waals surface area (Å²) < 4.78 is 30.4. The van der Waals surface area contributed by atoms with E-state index in [0.717, 1.165) is 14.2 Å². The summed E-state index contributed by atoms with van der Waals surface area (Å²) in [7, 11) is 0. The zero-order valence-electron chi connectivity index (χ0n) is 13.1. The predicted octanol–water partition coefficient (Wildman–Crippen LogP) is 6.00. The van der Waals surface area contributed by atoms with Crippen LogP contribution in [0.4, 0.5) is 20.3 Å². The number of anilines is 2. The Hall–Kier alpha value is -2.00. The number of thiazole rings is 1. The van der Waals surface area contributed by atoms with Gasteiger partial charge in [-0.1, -0.05) is 6.07 Å². The third-order valence-electron chi connectivity index (χ3n) is 3.84. The van der Waals surface area contributed by atoms with Crippen molar-refractivity contribution in [3.63, 3.8) is 0 Å².